The van der Waals surface area contributed by atoms with Crippen LogP contribution in [0, 0.1) is 5.92 Å². The molecule has 1 aliphatic rings. The van der Waals surface area contributed by atoms with E-state index in [2.05, 4.69) is 15.1 Å². The minimum absolute atomic E-state index is 0.0447. The number of sulfonamides is 1. The summed E-state index contributed by atoms with van der Waals surface area (Å²) in [5.41, 5.74) is 2.29. The summed E-state index contributed by atoms with van der Waals surface area (Å²) in [6.45, 7) is 3.10. The Bertz CT molecular complexity index is 528. The molecule has 0 aromatic carbocycles. The molecule has 1 aromatic heterocycles. The predicted octanol–water partition coefficient (Wildman–Crippen LogP) is 0.0705. The number of nitrogens with zero attached hydrogens (tertiary/aromatic N) is 1. The van der Waals surface area contributed by atoms with Gasteiger partial charge >= 0.3 is 0 Å². The van der Waals surface area contributed by atoms with Crippen LogP contribution in [0.15, 0.2) is 23.2 Å². The number of nitrogen functional groups attached to an aromatic ring is 1. The number of hydrogen-bond acceptors (Lipinski definition) is 6. The number of hydrogen-bond donors (Lipinski definition) is 3. The van der Waals surface area contributed by atoms with E-state index < -0.39 is 10.0 Å². The van der Waals surface area contributed by atoms with E-state index in [1.54, 1.807) is 6.07 Å². The van der Waals surface area contributed by atoms with Gasteiger partial charge in [0, 0.05) is 24.8 Å². The summed E-state index contributed by atoms with van der Waals surface area (Å²) < 4.78 is 32.5. The van der Waals surface area contributed by atoms with Gasteiger partial charge in [-0.15, -0.1) is 0 Å². The molecule has 1 aliphatic heterocycles. The third-order valence-electron chi connectivity index (χ3n) is 3.21. The van der Waals surface area contributed by atoms with E-state index in [0.29, 0.717) is 13.2 Å². The van der Waals surface area contributed by atoms with Gasteiger partial charge in [-0.2, -0.15) is 0 Å². The fourth-order valence-corrected chi connectivity index (χ4v) is 3.50. The van der Waals surface area contributed by atoms with Crippen molar-refractivity contribution < 1.29 is 13.2 Å². The highest BCUT2D eigenvalue weighted by Crippen LogP contribution is 2.21. The number of ether oxygens (including phenoxy) is 1. The summed E-state index contributed by atoms with van der Waals surface area (Å²) in [7, 11) is -3.65. The van der Waals surface area contributed by atoms with Crippen molar-refractivity contribution in [2.75, 3.05) is 18.6 Å². The lowest BCUT2D eigenvalue weighted by Gasteiger charge is -2.19. The average Bonchev–Trinajstić information content (AvgIpc) is 2.92. The van der Waals surface area contributed by atoms with Crippen molar-refractivity contribution in [2.45, 2.75) is 24.3 Å². The lowest BCUT2D eigenvalue weighted by Crippen LogP contribution is -2.38. The van der Waals surface area contributed by atoms with Gasteiger partial charge in [0.15, 0.2) is 5.82 Å². The van der Waals surface area contributed by atoms with E-state index in [-0.39, 0.29) is 22.7 Å². The first kappa shape index (κ1) is 14.2. The molecule has 2 unspecified atom stereocenters. The van der Waals surface area contributed by atoms with E-state index in [0.717, 1.165) is 6.42 Å². The normalized spacial score (nSPS) is 21.3. The van der Waals surface area contributed by atoms with E-state index in [1.165, 1.54) is 12.3 Å². The van der Waals surface area contributed by atoms with Crippen molar-refractivity contribution in [3.63, 3.8) is 0 Å². The molecule has 4 N–H and O–H groups in total. The van der Waals surface area contributed by atoms with E-state index in [4.69, 9.17) is 10.6 Å². The summed E-state index contributed by atoms with van der Waals surface area (Å²) >= 11 is 0. The van der Waals surface area contributed by atoms with Crippen molar-refractivity contribution in [1.82, 2.24) is 9.71 Å². The SMILES string of the molecule is CC(NS(=O)(=O)c1cccnc1NN)C1CCOC1. The topological polar surface area (TPSA) is 106 Å². The summed E-state index contributed by atoms with van der Waals surface area (Å²) in [6.07, 6.45) is 2.33. The molecule has 0 saturated carbocycles. The number of pyridine rings is 1. The lowest BCUT2D eigenvalue weighted by molar-refractivity contribution is 0.180. The summed E-state index contributed by atoms with van der Waals surface area (Å²) in [5.74, 6) is 5.60. The lowest BCUT2D eigenvalue weighted by atomic mass is 10.0. The van der Waals surface area contributed by atoms with Crippen LogP contribution in [0.25, 0.3) is 0 Å². The number of aromatic nitrogens is 1. The molecule has 0 aliphatic carbocycles. The molecule has 106 valence electrons. The van der Waals surface area contributed by atoms with Crippen molar-refractivity contribution >= 4 is 15.8 Å². The number of anilines is 1. The number of hydrazine groups is 1. The molecule has 1 saturated heterocycles. The molecule has 2 rings (SSSR count). The monoisotopic (exact) mass is 286 g/mol. The van der Waals surface area contributed by atoms with Crippen molar-refractivity contribution in [3.8, 4) is 0 Å². The molecule has 19 heavy (non-hydrogen) atoms. The fourth-order valence-electron chi connectivity index (χ4n) is 2.07. The van der Waals surface area contributed by atoms with Gasteiger partial charge in [-0.3, -0.25) is 0 Å². The molecule has 0 spiro atoms. The Hall–Kier alpha value is -1.22. The predicted molar refractivity (Wildman–Crippen MR) is 70.8 cm³/mol. The van der Waals surface area contributed by atoms with Crippen LogP contribution in [0.4, 0.5) is 5.82 Å². The molecule has 2 heterocycles. The van der Waals surface area contributed by atoms with E-state index in [9.17, 15) is 8.42 Å². The van der Waals surface area contributed by atoms with Crippen molar-refractivity contribution in [2.24, 2.45) is 11.8 Å². The largest absolute Gasteiger partial charge is 0.381 e. The maximum Gasteiger partial charge on any atom is 0.244 e. The highest BCUT2D eigenvalue weighted by molar-refractivity contribution is 7.89. The van der Waals surface area contributed by atoms with E-state index in [1.807, 2.05) is 6.92 Å². The third kappa shape index (κ3) is 3.21. The number of nitrogens with one attached hydrogen (secondary N) is 2. The van der Waals surface area contributed by atoms with Gasteiger partial charge in [0.05, 0.1) is 6.61 Å². The fraction of sp³-hybridized carbons (Fsp3) is 0.545. The third-order valence-corrected chi connectivity index (χ3v) is 4.80. The molecule has 2 atom stereocenters. The first-order valence-electron chi connectivity index (χ1n) is 6.06. The maximum atomic E-state index is 12.3. The van der Waals surface area contributed by atoms with Crippen LogP contribution in [-0.2, 0) is 14.8 Å². The number of nitrogens with two attached hydrogens (primary N) is 1. The zero-order valence-corrected chi connectivity index (χ0v) is 11.5. The van der Waals surface area contributed by atoms with Crippen LogP contribution in [0.2, 0.25) is 0 Å². The Morgan fingerprint density at radius 2 is 2.37 bits per heavy atom. The maximum absolute atomic E-state index is 12.3. The van der Waals surface area contributed by atoms with Gasteiger partial charge in [-0.25, -0.2) is 24.0 Å². The highest BCUT2D eigenvalue weighted by Gasteiger charge is 2.28. The molecule has 8 heteroatoms. The molecular weight excluding hydrogens is 268 g/mol. The molecule has 0 radical (unpaired) electrons. The average molecular weight is 286 g/mol. The smallest absolute Gasteiger partial charge is 0.244 e. The van der Waals surface area contributed by atoms with Crippen molar-refractivity contribution in [3.05, 3.63) is 18.3 Å². The zero-order chi connectivity index (χ0) is 13.9. The minimum Gasteiger partial charge on any atom is -0.381 e. The second-order valence-electron chi connectivity index (χ2n) is 4.53. The van der Waals surface area contributed by atoms with Crippen LogP contribution in [0.5, 0.6) is 0 Å². The van der Waals surface area contributed by atoms with Crippen LogP contribution in [0.3, 0.4) is 0 Å². The van der Waals surface area contributed by atoms with Gasteiger partial charge in [-0.1, -0.05) is 0 Å². The summed E-state index contributed by atoms with van der Waals surface area (Å²) in [5, 5.41) is 0. The van der Waals surface area contributed by atoms with Crippen LogP contribution >= 0.6 is 0 Å². The Balaban J connectivity index is 2.17. The number of rotatable bonds is 5. The molecule has 1 aromatic rings. The van der Waals surface area contributed by atoms with Crippen molar-refractivity contribution in [1.29, 1.82) is 0 Å². The molecule has 7 nitrogen and oxygen atoms in total. The van der Waals surface area contributed by atoms with Crippen LogP contribution in [-0.4, -0.2) is 32.7 Å². The van der Waals surface area contributed by atoms with Gasteiger partial charge in [0.25, 0.3) is 0 Å². The van der Waals surface area contributed by atoms with E-state index >= 15 is 0 Å². The van der Waals surface area contributed by atoms with Gasteiger partial charge in [-0.05, 0) is 25.5 Å². The Labute approximate surface area is 112 Å². The van der Waals surface area contributed by atoms with Gasteiger partial charge in [0.1, 0.15) is 4.90 Å². The first-order valence-corrected chi connectivity index (χ1v) is 7.54. The highest BCUT2D eigenvalue weighted by atomic mass is 32.2. The Morgan fingerprint density at radius 1 is 1.58 bits per heavy atom. The summed E-state index contributed by atoms with van der Waals surface area (Å²) in [4.78, 5) is 3.93. The zero-order valence-electron chi connectivity index (χ0n) is 10.7. The molecular formula is C11H18N4O3S. The Morgan fingerprint density at radius 3 is 3.00 bits per heavy atom. The second kappa shape index (κ2) is 5.83. The quantitative estimate of drug-likeness (QED) is 0.522. The van der Waals surface area contributed by atoms with Gasteiger partial charge < -0.3 is 10.2 Å². The second-order valence-corrected chi connectivity index (χ2v) is 6.21. The molecule has 0 bridgehead atoms. The standard InChI is InChI=1S/C11H18N4O3S/c1-8(9-4-6-18-7-9)15-19(16,17)10-3-2-5-13-11(10)14-12/h2-3,5,8-9,15H,4,6-7,12H2,1H3,(H,13,14). The minimum atomic E-state index is -3.65. The van der Waals surface area contributed by atoms with Gasteiger partial charge in [0.2, 0.25) is 10.0 Å². The van der Waals surface area contributed by atoms with Crippen LogP contribution < -0.4 is 16.0 Å². The molecule has 1 fully saturated rings. The Kier molecular flexibility index (Phi) is 4.35. The van der Waals surface area contributed by atoms with Crippen LogP contribution in [0.1, 0.15) is 13.3 Å². The molecule has 0 amide bonds. The summed E-state index contributed by atoms with van der Waals surface area (Å²) in [6, 6.07) is 2.82. The first-order chi connectivity index (χ1) is 9.04.